The summed E-state index contributed by atoms with van der Waals surface area (Å²) in [7, 11) is 0. The molecule has 0 radical (unpaired) electrons. The van der Waals surface area contributed by atoms with Gasteiger partial charge in [-0.2, -0.15) is 0 Å². The predicted octanol–water partition coefficient (Wildman–Crippen LogP) is 6.13. The molecule has 468 valence electrons. The van der Waals surface area contributed by atoms with Gasteiger partial charge in [0.25, 0.3) is 0 Å². The lowest BCUT2D eigenvalue weighted by atomic mass is 9.40. The van der Waals surface area contributed by atoms with Crippen molar-refractivity contribution in [2.45, 2.75) is 167 Å². The van der Waals surface area contributed by atoms with Crippen LogP contribution < -0.4 is 14.8 Å². The molecule has 88 heavy (non-hydrogen) atoms. The number of rotatable bonds is 14. The van der Waals surface area contributed by atoms with Gasteiger partial charge < -0.3 is 63.6 Å². The number of nitrogens with zero attached hydrogens (tertiary/aromatic N) is 3. The second-order valence-corrected chi connectivity index (χ2v) is 26.4. The molecule has 4 aromatic rings. The second-order valence-electron chi connectivity index (χ2n) is 26.4. The summed E-state index contributed by atoms with van der Waals surface area (Å²) < 4.78 is 81.4. The lowest BCUT2D eigenvalue weighted by molar-refractivity contribution is -0.285. The van der Waals surface area contributed by atoms with Gasteiger partial charge >= 0.3 is 29.8 Å². The van der Waals surface area contributed by atoms with Crippen LogP contribution in [-0.4, -0.2) is 126 Å². The Bertz CT molecular complexity index is 3650. The van der Waals surface area contributed by atoms with E-state index in [2.05, 4.69) is 15.6 Å². The van der Waals surface area contributed by atoms with Crippen LogP contribution in [0.5, 0.6) is 23.0 Å². The topological polar surface area (TPSA) is 303 Å². The van der Waals surface area contributed by atoms with Gasteiger partial charge in [-0.15, -0.1) is 5.10 Å². The smallest absolute Gasteiger partial charge is 0.343 e. The number of hydrogen-bond donors (Lipinski definition) is 5. The Morgan fingerprint density at radius 3 is 2.20 bits per heavy atom. The van der Waals surface area contributed by atoms with Crippen molar-refractivity contribution in [1.29, 1.82) is 0 Å². The van der Waals surface area contributed by atoms with Gasteiger partial charge in [-0.05, 0) is 81.1 Å². The van der Waals surface area contributed by atoms with E-state index < -0.39 is 165 Å². The molecule has 5 N–H and O–H groups in total. The third-order valence-electron chi connectivity index (χ3n) is 21.7. The van der Waals surface area contributed by atoms with E-state index in [4.69, 9.17) is 37.9 Å². The number of carbonyl (C=O) groups excluding carboxylic acids is 6. The zero-order valence-electron chi connectivity index (χ0n) is 49.7. The number of esters is 5. The minimum absolute atomic E-state index is 0.0132. The van der Waals surface area contributed by atoms with Crippen LogP contribution in [0.1, 0.15) is 127 Å². The quantitative estimate of drug-likeness (QED) is 0.0410. The van der Waals surface area contributed by atoms with Gasteiger partial charge in [0.1, 0.15) is 54.0 Å². The summed E-state index contributed by atoms with van der Waals surface area (Å²) in [6, 6.07) is 9.91. The summed E-state index contributed by atoms with van der Waals surface area (Å²) in [5.74, 6) is -12.5. The lowest BCUT2D eigenvalue weighted by Crippen LogP contribution is -2.77. The van der Waals surface area contributed by atoms with Crippen LogP contribution in [0.3, 0.4) is 0 Å². The largest absolute Gasteiger partial charge is 0.505 e. The van der Waals surface area contributed by atoms with E-state index >= 15 is 4.39 Å². The highest BCUT2D eigenvalue weighted by atomic mass is 19.1. The monoisotopic (exact) mass is 1220 g/mol. The van der Waals surface area contributed by atoms with E-state index in [9.17, 15) is 53.6 Å². The number of benzene rings is 3. The summed E-state index contributed by atoms with van der Waals surface area (Å²) in [6.45, 7) is 12.5. The van der Waals surface area contributed by atoms with E-state index in [0.717, 1.165) is 18.2 Å². The molecule has 24 heteroatoms. The van der Waals surface area contributed by atoms with Crippen molar-refractivity contribution in [2.75, 3.05) is 0 Å². The fraction of sp³-hybridized carbons (Fsp3) is 0.562. The molecule has 1 aromatic heterocycles. The average Bonchev–Trinajstić information content (AvgIpc) is 1.38. The zero-order valence-corrected chi connectivity index (χ0v) is 49.7. The van der Waals surface area contributed by atoms with E-state index in [1.165, 1.54) is 33.8 Å². The van der Waals surface area contributed by atoms with Crippen LogP contribution in [0, 0.1) is 69.3 Å². The fourth-order valence-corrected chi connectivity index (χ4v) is 18.0. The highest BCUT2D eigenvalue weighted by Crippen LogP contribution is 2.76. The Hall–Kier alpha value is -7.54. The number of carbonyl (C=O) groups is 6. The summed E-state index contributed by atoms with van der Waals surface area (Å²) in [4.78, 5) is 81.2. The number of phenols is 1. The molecule has 1 spiro atoms. The number of aromatic nitrogens is 3. The first-order valence-electron chi connectivity index (χ1n) is 30.1. The molecule has 2 saturated heterocycles. The standard InChI is InChI=1S/C64H70F2N4O18/c1-27-19-44-62(7,63(8,80)59(79)87-44)50-47(27)61(6)48(53(50)77)46-49(55(82-28(2)71)57(61)84-30(4)73)60(5)36(22-43-54(86-43)56(60)83-29(3)72)51(52(46)76)67-45(75)17-11-9-10-14-18-70-25-31(68-69-70)26-81-42-24-41-35(21-38(42)66)64(33-16-13-12-15-32(33)58(78)88-64)34-20-37(65)39(74)23-40(34)85-41/h12-13,15-16,19-21,23-25,27,36,43,46-57,74,76-77,80H,9-11,14,17-18,22,26H2,1-8H3,(H,67,75)/t27-,36-,43+,46+,47+,48-,49-,50?,51+,52-,53-,54+,55+,56+,57+,60+,61-,62+,63-,64?/m1/s1. The van der Waals surface area contributed by atoms with E-state index in [1.807, 2.05) is 20.8 Å². The molecule has 1 amide bonds. The number of aromatic hydroxyl groups is 1. The summed E-state index contributed by atoms with van der Waals surface area (Å²) in [5.41, 5.74) is -7.03. The molecular weight excluding hydrogens is 1150 g/mol. The van der Waals surface area contributed by atoms with Crippen molar-refractivity contribution in [3.8, 4) is 23.0 Å². The lowest BCUT2D eigenvalue weighted by Gasteiger charge is -2.67. The van der Waals surface area contributed by atoms with Crippen molar-refractivity contribution in [1.82, 2.24) is 20.3 Å². The van der Waals surface area contributed by atoms with E-state index in [0.29, 0.717) is 49.9 Å². The Morgan fingerprint density at radius 1 is 0.795 bits per heavy atom. The molecule has 22 nitrogen and oxygen atoms in total. The highest BCUT2D eigenvalue weighted by Gasteiger charge is 2.83. The van der Waals surface area contributed by atoms with Crippen LogP contribution in [0.15, 0.2) is 66.6 Å². The Balaban J connectivity index is 0.700. The number of unbranched alkanes of at least 4 members (excludes halogenated alkanes) is 3. The van der Waals surface area contributed by atoms with Gasteiger partial charge in [-0.1, -0.05) is 57.0 Å². The van der Waals surface area contributed by atoms with Crippen molar-refractivity contribution < 1.29 is 95.9 Å². The molecule has 9 aliphatic rings. The van der Waals surface area contributed by atoms with Crippen molar-refractivity contribution in [3.63, 3.8) is 0 Å². The first-order chi connectivity index (χ1) is 41.7. The van der Waals surface area contributed by atoms with Gasteiger partial charge in [0.05, 0.1) is 52.7 Å². The van der Waals surface area contributed by atoms with Crippen LogP contribution in [0.4, 0.5) is 8.78 Å². The van der Waals surface area contributed by atoms with E-state index in [1.54, 1.807) is 48.1 Å². The third kappa shape index (κ3) is 8.56. The first kappa shape index (κ1) is 59.4. The summed E-state index contributed by atoms with van der Waals surface area (Å²) >= 11 is 0. The van der Waals surface area contributed by atoms with Crippen LogP contribution in [0.2, 0.25) is 0 Å². The number of ether oxygens (including phenoxy) is 8. The number of halogens is 2. The van der Waals surface area contributed by atoms with Crippen molar-refractivity contribution in [3.05, 3.63) is 106 Å². The number of allylic oxidation sites excluding steroid dienone is 1. The normalized spacial score (nSPS) is 38.1. The number of phenolic OH excluding ortho intramolecular Hbond substituents is 1. The van der Waals surface area contributed by atoms with Gasteiger partial charge in [-0.25, -0.2) is 18.4 Å². The molecular formula is C64H70F2N4O18. The SMILES string of the molecule is CC(=O)O[C@H]1[C@H]2[C@@H]([C@@H](O)[C@@H](NC(=O)CCCCCCn3cc(COc4cc5c(cc4F)C4(OC(=O)c6ccccc64)c4cc(F)c(O)cc4O5)nn3)[C@H]3C[C@@H]4O[C@@H]4[C@H](OC(C)=O)[C@]23C)[C@@H]2[C@@H](O)C3[C@H]([C@H](C)C=C4OC(=O)[C@@](C)(O)[C@@]43C)[C@@]2(C)[C@H]1OC(C)=O. The molecule has 5 heterocycles. The highest BCUT2D eigenvalue weighted by molar-refractivity contribution is 5.97. The second kappa shape index (κ2) is 20.8. The molecule has 6 fully saturated rings. The number of hydrogen-bond acceptors (Lipinski definition) is 20. The third-order valence-corrected chi connectivity index (χ3v) is 21.7. The van der Waals surface area contributed by atoms with E-state index in [-0.39, 0.29) is 58.6 Å². The number of aryl methyl sites for hydroxylation is 1. The molecule has 13 rings (SSSR count). The number of epoxide rings is 1. The fourth-order valence-electron chi connectivity index (χ4n) is 18.0. The molecule has 4 aliphatic heterocycles. The number of fused-ring (bicyclic) bond motifs is 16. The number of aliphatic hydroxyl groups is 3. The number of amides is 1. The van der Waals surface area contributed by atoms with Crippen LogP contribution in [-0.2, 0) is 71.1 Å². The molecule has 0 bridgehead atoms. The zero-order chi connectivity index (χ0) is 62.6. The molecule has 4 saturated carbocycles. The van der Waals surface area contributed by atoms with Crippen molar-refractivity contribution in [2.24, 2.45) is 57.7 Å². The van der Waals surface area contributed by atoms with Crippen LogP contribution in [0.25, 0.3) is 0 Å². The van der Waals surface area contributed by atoms with Crippen LogP contribution >= 0.6 is 0 Å². The molecule has 5 aliphatic carbocycles. The Kier molecular flexibility index (Phi) is 14.0. The molecule has 3 aromatic carbocycles. The maximum atomic E-state index is 16.1. The van der Waals surface area contributed by atoms with Crippen molar-refractivity contribution >= 4 is 35.8 Å². The molecule has 20 atom stereocenters. The maximum Gasteiger partial charge on any atom is 0.343 e. The first-order valence-corrected chi connectivity index (χ1v) is 30.1. The Morgan fingerprint density at radius 2 is 1.48 bits per heavy atom. The predicted molar refractivity (Wildman–Crippen MR) is 297 cm³/mol. The minimum Gasteiger partial charge on any atom is -0.505 e. The summed E-state index contributed by atoms with van der Waals surface area (Å²) in [5, 5.41) is 60.5. The van der Waals surface area contributed by atoms with Gasteiger partial charge in [0.15, 0.2) is 34.3 Å². The molecule has 2 unspecified atom stereocenters. The van der Waals surface area contributed by atoms with Gasteiger partial charge in [-0.3, -0.25) is 23.9 Å². The average molecular weight is 1220 g/mol. The summed E-state index contributed by atoms with van der Waals surface area (Å²) in [6.07, 6.45) is -1.35. The number of nitrogens with one attached hydrogen (secondary N) is 1. The van der Waals surface area contributed by atoms with Gasteiger partial charge in [0, 0.05) is 80.0 Å². The Labute approximate surface area is 504 Å². The number of aliphatic hydroxyl groups excluding tert-OH is 2. The van der Waals surface area contributed by atoms with Gasteiger partial charge in [0.2, 0.25) is 5.91 Å². The minimum atomic E-state index is -2.13. The maximum absolute atomic E-state index is 16.1.